The second-order valence-electron chi connectivity index (χ2n) is 4.89. The summed E-state index contributed by atoms with van der Waals surface area (Å²) in [7, 11) is -0.699. The molecule has 1 aromatic rings. The van der Waals surface area contributed by atoms with Crippen molar-refractivity contribution in [2.45, 2.75) is 38.9 Å². The summed E-state index contributed by atoms with van der Waals surface area (Å²) in [6.45, 7) is 7.74. The van der Waals surface area contributed by atoms with Gasteiger partial charge in [-0.05, 0) is 27.7 Å². The highest BCUT2D eigenvalue weighted by Gasteiger charge is 2.53. The van der Waals surface area contributed by atoms with E-state index in [1.807, 2.05) is 27.7 Å². The van der Waals surface area contributed by atoms with Crippen molar-refractivity contribution in [3.8, 4) is 0 Å². The van der Waals surface area contributed by atoms with Crippen molar-refractivity contribution in [2.24, 2.45) is 0 Å². The summed E-state index contributed by atoms with van der Waals surface area (Å²) in [4.78, 5) is 18.1. The molecule has 1 saturated heterocycles. The van der Waals surface area contributed by atoms with Crippen LogP contribution in [0.3, 0.4) is 0 Å². The first kappa shape index (κ1) is 11.4. The summed E-state index contributed by atoms with van der Waals surface area (Å²) in [5, 5.41) is 0. The van der Waals surface area contributed by atoms with E-state index in [2.05, 4.69) is 9.97 Å². The Hall–Kier alpha value is -1.14. The van der Waals surface area contributed by atoms with Crippen LogP contribution >= 0.6 is 0 Å². The molecule has 1 fully saturated rings. The maximum Gasteiger partial charge on any atom is 0.520 e. The third-order valence-electron chi connectivity index (χ3n) is 3.21. The molecule has 0 amide bonds. The zero-order valence-electron chi connectivity index (χ0n) is 9.90. The van der Waals surface area contributed by atoms with Crippen LogP contribution < -0.4 is 11.2 Å². The molecular weight excluding hydrogens is 207 g/mol. The van der Waals surface area contributed by atoms with Crippen LogP contribution in [-0.2, 0) is 9.31 Å². The van der Waals surface area contributed by atoms with Crippen LogP contribution in [0.15, 0.2) is 17.2 Å². The van der Waals surface area contributed by atoms with Crippen LogP contribution in [0.4, 0.5) is 0 Å². The molecule has 0 unspecified atom stereocenters. The molecule has 2 heterocycles. The van der Waals surface area contributed by atoms with Gasteiger partial charge in [-0.1, -0.05) is 0 Å². The molecule has 2 rings (SSSR count). The van der Waals surface area contributed by atoms with Crippen molar-refractivity contribution in [1.29, 1.82) is 0 Å². The first-order valence-electron chi connectivity index (χ1n) is 5.23. The number of nitrogens with one attached hydrogen (secondary N) is 1. The Morgan fingerprint density at radius 1 is 1.25 bits per heavy atom. The summed E-state index contributed by atoms with van der Waals surface area (Å²) >= 11 is 0. The van der Waals surface area contributed by atoms with Gasteiger partial charge in [0.15, 0.2) is 0 Å². The van der Waals surface area contributed by atoms with Gasteiger partial charge in [-0.15, -0.1) is 0 Å². The molecule has 1 aliphatic heterocycles. The number of H-pyrrole nitrogens is 1. The van der Waals surface area contributed by atoms with Crippen LogP contribution in [0.5, 0.6) is 0 Å². The van der Waals surface area contributed by atoms with Gasteiger partial charge in [0.25, 0.3) is 5.56 Å². The third kappa shape index (κ3) is 1.68. The van der Waals surface area contributed by atoms with Gasteiger partial charge in [0.05, 0.1) is 11.2 Å². The second-order valence-corrected chi connectivity index (χ2v) is 4.89. The Balaban J connectivity index is 2.35. The highest BCUT2D eigenvalue weighted by Crippen LogP contribution is 2.35. The summed E-state index contributed by atoms with van der Waals surface area (Å²) < 4.78 is 11.5. The molecule has 0 radical (unpaired) electrons. The van der Waals surface area contributed by atoms with Crippen LogP contribution in [0.1, 0.15) is 27.7 Å². The lowest BCUT2D eigenvalue weighted by Crippen LogP contribution is -2.46. The predicted molar refractivity (Wildman–Crippen MR) is 60.6 cm³/mol. The smallest absolute Gasteiger partial charge is 0.398 e. The first-order valence-corrected chi connectivity index (χ1v) is 5.23. The molecule has 0 aliphatic carbocycles. The molecular formula is C10H15BN2O3. The van der Waals surface area contributed by atoms with Gasteiger partial charge in [-0.3, -0.25) is 9.78 Å². The number of hydrogen-bond donors (Lipinski definition) is 1. The van der Waals surface area contributed by atoms with E-state index in [0.717, 1.165) is 0 Å². The standard InChI is InChI=1S/C10H15BN2O3/c1-9(2)10(3,4)16-11(15-9)7-8(14)13-6-5-12-7/h5-6H,1-4H3,(H,13,14). The van der Waals surface area contributed by atoms with Gasteiger partial charge >= 0.3 is 7.12 Å². The number of hydrogen-bond acceptors (Lipinski definition) is 4. The van der Waals surface area contributed by atoms with Crippen molar-refractivity contribution < 1.29 is 9.31 Å². The van der Waals surface area contributed by atoms with Crippen LogP contribution in [0.2, 0.25) is 0 Å². The quantitative estimate of drug-likeness (QED) is 0.683. The Morgan fingerprint density at radius 3 is 2.31 bits per heavy atom. The largest absolute Gasteiger partial charge is 0.520 e. The van der Waals surface area contributed by atoms with Gasteiger partial charge < -0.3 is 14.3 Å². The van der Waals surface area contributed by atoms with E-state index in [0.29, 0.717) is 0 Å². The molecule has 1 aromatic heterocycles. The molecule has 0 bridgehead atoms. The molecule has 0 aromatic carbocycles. The summed E-state index contributed by atoms with van der Waals surface area (Å²) in [6, 6.07) is 0. The van der Waals surface area contributed by atoms with Crippen LogP contribution in [0.25, 0.3) is 0 Å². The molecule has 86 valence electrons. The molecule has 5 nitrogen and oxygen atoms in total. The van der Waals surface area contributed by atoms with E-state index in [-0.39, 0.29) is 11.2 Å². The average Bonchev–Trinajstić information content (AvgIpc) is 2.36. The zero-order valence-corrected chi connectivity index (χ0v) is 9.90. The van der Waals surface area contributed by atoms with Crippen LogP contribution in [-0.4, -0.2) is 28.3 Å². The fraction of sp³-hybridized carbons (Fsp3) is 0.600. The second kappa shape index (κ2) is 3.43. The molecule has 0 saturated carbocycles. The maximum absolute atomic E-state index is 11.6. The Kier molecular flexibility index (Phi) is 2.43. The molecule has 0 spiro atoms. The fourth-order valence-electron chi connectivity index (χ4n) is 1.49. The van der Waals surface area contributed by atoms with Gasteiger partial charge in [-0.2, -0.15) is 0 Å². The topological polar surface area (TPSA) is 64.2 Å². The monoisotopic (exact) mass is 222 g/mol. The minimum atomic E-state index is -0.699. The van der Waals surface area contributed by atoms with Crippen molar-refractivity contribution in [3.63, 3.8) is 0 Å². The summed E-state index contributed by atoms with van der Waals surface area (Å²) in [6.07, 6.45) is 3.00. The SMILES string of the molecule is CC1(C)OB(c2ncc[nH]c2=O)OC1(C)C. The van der Waals surface area contributed by atoms with Crippen molar-refractivity contribution in [3.05, 3.63) is 22.7 Å². The Labute approximate surface area is 94.3 Å². The van der Waals surface area contributed by atoms with Gasteiger partial charge in [0, 0.05) is 12.4 Å². The van der Waals surface area contributed by atoms with Crippen molar-refractivity contribution in [1.82, 2.24) is 9.97 Å². The Morgan fingerprint density at radius 2 is 1.81 bits per heavy atom. The lowest BCUT2D eigenvalue weighted by Gasteiger charge is -2.32. The highest BCUT2D eigenvalue weighted by atomic mass is 16.7. The highest BCUT2D eigenvalue weighted by molar-refractivity contribution is 6.60. The Bertz CT molecular complexity index is 439. The molecule has 6 heteroatoms. The fourth-order valence-corrected chi connectivity index (χ4v) is 1.49. The average molecular weight is 222 g/mol. The number of aromatic nitrogens is 2. The maximum atomic E-state index is 11.6. The zero-order chi connectivity index (χ0) is 12.0. The van der Waals surface area contributed by atoms with E-state index in [9.17, 15) is 4.79 Å². The van der Waals surface area contributed by atoms with E-state index >= 15 is 0 Å². The van der Waals surface area contributed by atoms with Crippen LogP contribution in [0, 0.1) is 0 Å². The minimum Gasteiger partial charge on any atom is -0.398 e. The lowest BCUT2D eigenvalue weighted by atomic mass is 9.85. The number of rotatable bonds is 1. The van der Waals surface area contributed by atoms with Gasteiger partial charge in [0.2, 0.25) is 0 Å². The minimum absolute atomic E-state index is 0.265. The molecule has 1 aliphatic rings. The van der Waals surface area contributed by atoms with E-state index in [1.165, 1.54) is 12.4 Å². The van der Waals surface area contributed by atoms with E-state index in [1.54, 1.807) is 0 Å². The normalized spacial score (nSPS) is 22.4. The number of aromatic amines is 1. The predicted octanol–water partition coefficient (Wildman–Crippen LogP) is 0.0691. The van der Waals surface area contributed by atoms with E-state index in [4.69, 9.17) is 9.31 Å². The lowest BCUT2D eigenvalue weighted by molar-refractivity contribution is 0.00578. The summed E-state index contributed by atoms with van der Waals surface area (Å²) in [5.74, 6) is 0. The van der Waals surface area contributed by atoms with Gasteiger partial charge in [-0.25, -0.2) is 0 Å². The first-order chi connectivity index (χ1) is 7.33. The molecule has 0 atom stereocenters. The van der Waals surface area contributed by atoms with E-state index < -0.39 is 18.3 Å². The molecule has 16 heavy (non-hydrogen) atoms. The number of nitrogens with zero attached hydrogens (tertiary/aromatic N) is 1. The molecule has 1 N–H and O–H groups in total. The summed E-state index contributed by atoms with van der Waals surface area (Å²) in [5.41, 5.74) is -0.925. The van der Waals surface area contributed by atoms with Gasteiger partial charge in [0.1, 0.15) is 5.59 Å². The third-order valence-corrected chi connectivity index (χ3v) is 3.21. The van der Waals surface area contributed by atoms with Crippen molar-refractivity contribution >= 4 is 12.7 Å². The van der Waals surface area contributed by atoms with Crippen molar-refractivity contribution in [2.75, 3.05) is 0 Å².